The van der Waals surface area contributed by atoms with E-state index in [1.807, 2.05) is 39.0 Å². The summed E-state index contributed by atoms with van der Waals surface area (Å²) in [7, 11) is 3.13. The maximum atomic E-state index is 14.1. The lowest BCUT2D eigenvalue weighted by Crippen LogP contribution is -2.40. The van der Waals surface area contributed by atoms with E-state index in [0.717, 1.165) is 3.57 Å². The van der Waals surface area contributed by atoms with E-state index >= 15 is 0 Å². The maximum Gasteiger partial charge on any atom is 0.338 e. The second-order valence-corrected chi connectivity index (χ2v) is 11.6. The summed E-state index contributed by atoms with van der Waals surface area (Å²) in [6.45, 7) is 9.85. The summed E-state index contributed by atoms with van der Waals surface area (Å²) < 4.78 is 31.3. The number of nitrogens with zero attached hydrogens (tertiary/aromatic N) is 2. The summed E-state index contributed by atoms with van der Waals surface area (Å²) in [6, 6.07) is 8.42. The number of fused-ring (bicyclic) bond motifs is 1. The van der Waals surface area contributed by atoms with Gasteiger partial charge in [-0.25, -0.2) is 9.79 Å². The van der Waals surface area contributed by atoms with Gasteiger partial charge in [0.05, 0.1) is 55.4 Å². The van der Waals surface area contributed by atoms with Crippen molar-refractivity contribution in [2.45, 2.75) is 46.8 Å². The zero-order valence-corrected chi connectivity index (χ0v) is 27.0. The second kappa shape index (κ2) is 13.1. The SMILES string of the molecule is CCOC(=O)C1=C(C)N=c2s/c(=C/c3cc(I)cc(OC)c3OCC)c(=O)n2[C@H]1c1ccc(OC(C)C)c(OC)c1. The molecule has 11 heteroatoms. The van der Waals surface area contributed by atoms with Gasteiger partial charge < -0.3 is 23.7 Å². The van der Waals surface area contributed by atoms with E-state index in [4.69, 9.17) is 23.7 Å². The van der Waals surface area contributed by atoms with Crippen LogP contribution in [-0.4, -0.2) is 44.1 Å². The standard InChI is InChI=1S/C30H33IN2O7S/c1-8-38-27-19(12-20(31)15-23(27)37-7)14-24-28(34)33-26(18-10-11-21(40-16(3)4)22(13-18)36-6)25(29(35)39-9-2)17(5)32-30(33)41-24/h10-16,26H,8-9H2,1-7H3/b24-14+/t26-/m0/s1. The van der Waals surface area contributed by atoms with Crippen LogP contribution in [0.1, 0.15) is 51.8 Å². The van der Waals surface area contributed by atoms with Gasteiger partial charge in [-0.3, -0.25) is 9.36 Å². The Morgan fingerprint density at radius 2 is 1.83 bits per heavy atom. The molecule has 0 spiro atoms. The van der Waals surface area contributed by atoms with Gasteiger partial charge in [0.1, 0.15) is 0 Å². The van der Waals surface area contributed by atoms with Crippen molar-refractivity contribution >= 4 is 46.0 Å². The van der Waals surface area contributed by atoms with Crippen LogP contribution >= 0.6 is 33.9 Å². The Balaban J connectivity index is 1.98. The fourth-order valence-corrected chi connectivity index (χ4v) is 6.26. The molecule has 1 aliphatic rings. The fraction of sp³-hybridized carbons (Fsp3) is 0.367. The molecule has 0 aliphatic carbocycles. The number of benzene rings is 2. The molecule has 0 unspecified atom stereocenters. The average Bonchev–Trinajstić information content (AvgIpc) is 3.23. The van der Waals surface area contributed by atoms with Gasteiger partial charge in [-0.1, -0.05) is 17.4 Å². The van der Waals surface area contributed by atoms with E-state index in [-0.39, 0.29) is 23.8 Å². The number of carbonyl (C=O) groups is 1. The quantitative estimate of drug-likeness (QED) is 0.226. The van der Waals surface area contributed by atoms with Crippen LogP contribution in [0.15, 0.2) is 51.4 Å². The lowest BCUT2D eigenvalue weighted by molar-refractivity contribution is -0.139. The lowest BCUT2D eigenvalue weighted by atomic mass is 9.95. The van der Waals surface area contributed by atoms with E-state index in [1.54, 1.807) is 50.8 Å². The van der Waals surface area contributed by atoms with Crippen LogP contribution in [0.25, 0.3) is 6.08 Å². The molecule has 9 nitrogen and oxygen atoms in total. The number of halogens is 1. The first-order chi connectivity index (χ1) is 19.6. The molecule has 0 amide bonds. The number of allylic oxidation sites excluding steroid dienone is 1. The third-order valence-electron chi connectivity index (χ3n) is 6.23. The Kier molecular flexibility index (Phi) is 9.80. The smallest absolute Gasteiger partial charge is 0.338 e. The third kappa shape index (κ3) is 6.30. The highest BCUT2D eigenvalue weighted by atomic mass is 127. The molecular formula is C30H33IN2O7S. The summed E-state index contributed by atoms with van der Waals surface area (Å²) in [5.41, 5.74) is 1.84. The molecule has 0 radical (unpaired) electrons. The lowest BCUT2D eigenvalue weighted by Gasteiger charge is -2.25. The number of carbonyl (C=O) groups excluding carboxylic acids is 1. The number of thiazole rings is 1. The highest BCUT2D eigenvalue weighted by Gasteiger charge is 2.34. The summed E-state index contributed by atoms with van der Waals surface area (Å²) in [4.78, 5) is 32.5. The van der Waals surface area contributed by atoms with E-state index in [9.17, 15) is 9.59 Å². The molecule has 0 saturated heterocycles. The Morgan fingerprint density at radius 1 is 1.10 bits per heavy atom. The van der Waals surface area contributed by atoms with Crippen LogP contribution in [0.4, 0.5) is 0 Å². The molecule has 0 bridgehead atoms. The van der Waals surface area contributed by atoms with E-state index < -0.39 is 12.0 Å². The molecule has 41 heavy (non-hydrogen) atoms. The summed E-state index contributed by atoms with van der Waals surface area (Å²) in [5, 5.41) is 0. The minimum Gasteiger partial charge on any atom is -0.493 e. The number of methoxy groups -OCH3 is 2. The van der Waals surface area contributed by atoms with Crippen molar-refractivity contribution in [3.8, 4) is 23.0 Å². The molecule has 1 aromatic heterocycles. The number of hydrogen-bond donors (Lipinski definition) is 0. The number of hydrogen-bond acceptors (Lipinski definition) is 9. The van der Waals surface area contributed by atoms with Crippen molar-refractivity contribution < 1.29 is 28.5 Å². The largest absolute Gasteiger partial charge is 0.493 e. The predicted octanol–water partition coefficient (Wildman–Crippen LogP) is 4.61. The van der Waals surface area contributed by atoms with E-state index in [0.29, 0.717) is 55.8 Å². The van der Waals surface area contributed by atoms with E-state index in [2.05, 4.69) is 27.6 Å². The molecule has 0 fully saturated rings. The van der Waals surface area contributed by atoms with Gasteiger partial charge in [0, 0.05) is 9.13 Å². The predicted molar refractivity (Wildman–Crippen MR) is 166 cm³/mol. The maximum absolute atomic E-state index is 14.1. The van der Waals surface area contributed by atoms with Gasteiger partial charge in [0.25, 0.3) is 5.56 Å². The van der Waals surface area contributed by atoms with Gasteiger partial charge in [-0.2, -0.15) is 0 Å². The van der Waals surface area contributed by atoms with Crippen LogP contribution in [-0.2, 0) is 9.53 Å². The molecule has 2 heterocycles. The first-order valence-electron chi connectivity index (χ1n) is 13.2. The highest BCUT2D eigenvalue weighted by Crippen LogP contribution is 2.37. The fourth-order valence-electron chi connectivity index (χ4n) is 4.60. The first-order valence-corrected chi connectivity index (χ1v) is 15.1. The number of rotatable bonds is 10. The molecule has 4 rings (SSSR count). The van der Waals surface area contributed by atoms with Crippen molar-refractivity contribution in [3.63, 3.8) is 0 Å². The minimum absolute atomic E-state index is 0.0640. The Morgan fingerprint density at radius 3 is 2.46 bits per heavy atom. The third-order valence-corrected chi connectivity index (χ3v) is 7.83. The van der Waals surface area contributed by atoms with Crippen molar-refractivity contribution in [3.05, 3.63) is 76.0 Å². The van der Waals surface area contributed by atoms with Gasteiger partial charge in [-0.15, -0.1) is 0 Å². The van der Waals surface area contributed by atoms with Crippen LogP contribution < -0.4 is 33.8 Å². The van der Waals surface area contributed by atoms with Crippen molar-refractivity contribution in [1.29, 1.82) is 0 Å². The molecular weight excluding hydrogens is 659 g/mol. The summed E-state index contributed by atoms with van der Waals surface area (Å²) in [6.07, 6.45) is 1.71. The van der Waals surface area contributed by atoms with Crippen LogP contribution in [0.3, 0.4) is 0 Å². The van der Waals surface area contributed by atoms with Crippen LogP contribution in [0.2, 0.25) is 0 Å². The number of esters is 1. The van der Waals surface area contributed by atoms with Gasteiger partial charge in [0.2, 0.25) is 0 Å². The summed E-state index contributed by atoms with van der Waals surface area (Å²) >= 11 is 3.44. The van der Waals surface area contributed by atoms with Crippen molar-refractivity contribution in [1.82, 2.24) is 4.57 Å². The number of ether oxygens (including phenoxy) is 5. The molecule has 3 aromatic rings. The molecule has 1 atom stereocenters. The molecule has 2 aromatic carbocycles. The van der Waals surface area contributed by atoms with Crippen LogP contribution in [0.5, 0.6) is 23.0 Å². The average molecular weight is 693 g/mol. The number of aromatic nitrogens is 1. The second-order valence-electron chi connectivity index (χ2n) is 9.34. The topological polar surface area (TPSA) is 97.6 Å². The molecule has 0 N–H and O–H groups in total. The monoisotopic (exact) mass is 692 g/mol. The summed E-state index contributed by atoms with van der Waals surface area (Å²) in [5.74, 6) is 1.64. The normalized spacial score (nSPS) is 15.0. The van der Waals surface area contributed by atoms with Gasteiger partial charge in [-0.05, 0) is 93.1 Å². The van der Waals surface area contributed by atoms with E-state index in [1.165, 1.54) is 11.3 Å². The molecule has 218 valence electrons. The minimum atomic E-state index is -0.786. The zero-order chi connectivity index (χ0) is 29.8. The van der Waals surface area contributed by atoms with Gasteiger partial charge in [0.15, 0.2) is 27.8 Å². The Hall–Kier alpha value is -3.32. The molecule has 0 saturated carbocycles. The zero-order valence-electron chi connectivity index (χ0n) is 24.1. The van der Waals surface area contributed by atoms with Crippen molar-refractivity contribution in [2.24, 2.45) is 4.99 Å². The Bertz CT molecular complexity index is 1670. The van der Waals surface area contributed by atoms with Crippen LogP contribution in [0, 0.1) is 3.57 Å². The first kappa shape index (κ1) is 30.6. The highest BCUT2D eigenvalue weighted by molar-refractivity contribution is 14.1. The Labute approximate surface area is 256 Å². The van der Waals surface area contributed by atoms with Crippen molar-refractivity contribution in [2.75, 3.05) is 27.4 Å². The molecule has 1 aliphatic heterocycles. The van der Waals surface area contributed by atoms with Gasteiger partial charge >= 0.3 is 5.97 Å².